The molecule has 0 unspecified atom stereocenters. The first-order chi connectivity index (χ1) is 14.5. The number of aromatic nitrogens is 3. The van der Waals surface area contributed by atoms with Crippen LogP contribution in [0.2, 0.25) is 0 Å². The molecule has 6 nitrogen and oxygen atoms in total. The van der Waals surface area contributed by atoms with Gasteiger partial charge < -0.3 is 15.0 Å². The Morgan fingerprint density at radius 1 is 1.10 bits per heavy atom. The lowest BCUT2D eigenvalue weighted by molar-refractivity contribution is 0.1000. The molecule has 4 rings (SSSR count). The zero-order valence-electron chi connectivity index (χ0n) is 17.1. The van der Waals surface area contributed by atoms with Crippen molar-refractivity contribution in [3.8, 4) is 5.75 Å². The van der Waals surface area contributed by atoms with Crippen molar-refractivity contribution in [1.29, 1.82) is 0 Å². The van der Waals surface area contributed by atoms with Gasteiger partial charge in [-0.05, 0) is 42.7 Å². The van der Waals surface area contributed by atoms with E-state index in [9.17, 15) is 4.79 Å². The number of aryl methyl sites for hydroxylation is 3. The third kappa shape index (κ3) is 4.03. The van der Waals surface area contributed by atoms with Crippen LogP contribution in [0, 0.1) is 6.92 Å². The number of nitrogens with two attached hydrogens (primary N) is 1. The quantitative estimate of drug-likeness (QED) is 0.513. The van der Waals surface area contributed by atoms with Crippen LogP contribution in [0.1, 0.15) is 33.0 Å². The van der Waals surface area contributed by atoms with Crippen LogP contribution in [0.15, 0.2) is 60.8 Å². The van der Waals surface area contributed by atoms with Crippen molar-refractivity contribution in [2.24, 2.45) is 5.73 Å². The topological polar surface area (TPSA) is 83.0 Å². The Morgan fingerprint density at radius 2 is 1.90 bits per heavy atom. The van der Waals surface area contributed by atoms with Gasteiger partial charge in [-0.3, -0.25) is 9.78 Å². The maximum Gasteiger partial charge on any atom is 0.248 e. The predicted octanol–water partition coefficient (Wildman–Crippen LogP) is 3.68. The van der Waals surface area contributed by atoms with Crippen molar-refractivity contribution < 1.29 is 9.53 Å². The normalized spacial score (nSPS) is 11.0. The summed E-state index contributed by atoms with van der Waals surface area (Å²) in [6.45, 7) is 2.70. The van der Waals surface area contributed by atoms with Crippen molar-refractivity contribution in [2.45, 2.75) is 26.3 Å². The number of rotatable bonds is 7. The van der Waals surface area contributed by atoms with E-state index in [-0.39, 0.29) is 0 Å². The molecule has 0 radical (unpaired) electrons. The lowest BCUT2D eigenvalue weighted by Crippen LogP contribution is -2.11. The number of amides is 1. The van der Waals surface area contributed by atoms with E-state index >= 15 is 0 Å². The zero-order chi connectivity index (χ0) is 21.1. The molecular weight excluding hydrogens is 376 g/mol. The maximum atomic E-state index is 11.8. The second-order valence-corrected chi connectivity index (χ2v) is 7.31. The Labute approximate surface area is 175 Å². The van der Waals surface area contributed by atoms with Gasteiger partial charge in [-0.25, -0.2) is 4.98 Å². The number of methoxy groups -OCH3 is 1. The summed E-state index contributed by atoms with van der Waals surface area (Å²) in [5, 5.41) is 0. The summed E-state index contributed by atoms with van der Waals surface area (Å²) in [6, 6.07) is 17.8. The molecule has 2 aromatic carbocycles. The molecule has 6 heteroatoms. The van der Waals surface area contributed by atoms with Crippen LogP contribution in [-0.4, -0.2) is 27.6 Å². The van der Waals surface area contributed by atoms with Crippen molar-refractivity contribution in [2.75, 3.05) is 7.11 Å². The highest BCUT2D eigenvalue weighted by Crippen LogP contribution is 2.30. The Morgan fingerprint density at radius 3 is 2.57 bits per heavy atom. The van der Waals surface area contributed by atoms with Crippen LogP contribution in [-0.2, 0) is 19.4 Å². The molecule has 0 fully saturated rings. The number of ether oxygens (including phenoxy) is 1. The van der Waals surface area contributed by atoms with Gasteiger partial charge in [-0.2, -0.15) is 0 Å². The van der Waals surface area contributed by atoms with Gasteiger partial charge >= 0.3 is 0 Å². The van der Waals surface area contributed by atoms with Crippen LogP contribution in [0.4, 0.5) is 0 Å². The van der Waals surface area contributed by atoms with Crippen molar-refractivity contribution >= 4 is 16.9 Å². The molecular formula is C24H24N4O2. The largest absolute Gasteiger partial charge is 0.494 e. The minimum absolute atomic E-state index is 0.385. The average molecular weight is 400 g/mol. The molecule has 2 N–H and O–H groups in total. The van der Waals surface area contributed by atoms with Gasteiger partial charge in [0.15, 0.2) is 0 Å². The number of fused-ring (bicyclic) bond motifs is 1. The molecule has 0 atom stereocenters. The van der Waals surface area contributed by atoms with Crippen LogP contribution < -0.4 is 10.5 Å². The average Bonchev–Trinajstić information content (AvgIpc) is 3.10. The number of nitrogens with zero attached hydrogens (tertiary/aromatic N) is 3. The molecule has 1 amide bonds. The number of primary amides is 1. The summed E-state index contributed by atoms with van der Waals surface area (Å²) in [7, 11) is 1.59. The number of hydrogen-bond donors (Lipinski definition) is 1. The van der Waals surface area contributed by atoms with Crippen molar-refractivity contribution in [3.05, 3.63) is 89.0 Å². The highest BCUT2D eigenvalue weighted by Gasteiger charge is 2.18. The predicted molar refractivity (Wildman–Crippen MR) is 117 cm³/mol. The first kappa shape index (κ1) is 19.6. The highest BCUT2D eigenvalue weighted by molar-refractivity contribution is 5.98. The molecule has 0 saturated carbocycles. The summed E-state index contributed by atoms with van der Waals surface area (Å²) in [4.78, 5) is 21.0. The monoisotopic (exact) mass is 400 g/mol. The second kappa shape index (κ2) is 8.37. The van der Waals surface area contributed by atoms with E-state index < -0.39 is 5.91 Å². The molecule has 30 heavy (non-hydrogen) atoms. The maximum absolute atomic E-state index is 11.8. The van der Waals surface area contributed by atoms with Gasteiger partial charge in [0.25, 0.3) is 0 Å². The number of pyridine rings is 1. The van der Waals surface area contributed by atoms with E-state index in [1.165, 1.54) is 5.56 Å². The van der Waals surface area contributed by atoms with E-state index in [0.717, 1.165) is 35.6 Å². The van der Waals surface area contributed by atoms with E-state index in [2.05, 4.69) is 27.8 Å². The Balaban J connectivity index is 1.80. The van der Waals surface area contributed by atoms with Crippen LogP contribution in [0.25, 0.3) is 11.0 Å². The van der Waals surface area contributed by atoms with Crippen LogP contribution in [0.3, 0.4) is 0 Å². The smallest absolute Gasteiger partial charge is 0.248 e. The molecule has 0 spiro atoms. The van der Waals surface area contributed by atoms with E-state index in [0.29, 0.717) is 23.3 Å². The summed E-state index contributed by atoms with van der Waals surface area (Å²) in [5.74, 6) is 0.986. The number of imidazole rings is 1. The minimum atomic E-state index is -0.502. The fourth-order valence-electron chi connectivity index (χ4n) is 3.62. The molecule has 0 aliphatic carbocycles. The molecule has 2 heterocycles. The SMILES string of the molecule is COc1cc(C(N)=O)cc2nc(Cc3ccc(C)nc3)n(CCc3ccccc3)c12. The first-order valence-corrected chi connectivity index (χ1v) is 9.87. The summed E-state index contributed by atoms with van der Waals surface area (Å²) >= 11 is 0. The fourth-order valence-corrected chi connectivity index (χ4v) is 3.62. The molecule has 152 valence electrons. The van der Waals surface area contributed by atoms with Crippen LogP contribution >= 0.6 is 0 Å². The number of carbonyl (C=O) groups excluding carboxylic acids is 1. The summed E-state index contributed by atoms with van der Waals surface area (Å²) in [6.07, 6.45) is 3.36. The van der Waals surface area contributed by atoms with Crippen LogP contribution in [0.5, 0.6) is 5.75 Å². The Hall–Kier alpha value is -3.67. The van der Waals surface area contributed by atoms with E-state index in [1.807, 2.05) is 37.4 Å². The molecule has 0 aliphatic heterocycles. The van der Waals surface area contributed by atoms with Gasteiger partial charge in [-0.15, -0.1) is 0 Å². The summed E-state index contributed by atoms with van der Waals surface area (Å²) in [5.41, 5.74) is 10.8. The van der Waals surface area contributed by atoms with E-state index in [4.69, 9.17) is 15.5 Å². The fraction of sp³-hybridized carbons (Fsp3) is 0.208. The van der Waals surface area contributed by atoms with Gasteiger partial charge in [0, 0.05) is 30.4 Å². The van der Waals surface area contributed by atoms with Gasteiger partial charge in [0.05, 0.1) is 12.6 Å². The minimum Gasteiger partial charge on any atom is -0.494 e. The molecule has 0 bridgehead atoms. The molecule has 4 aromatic rings. The zero-order valence-corrected chi connectivity index (χ0v) is 17.1. The third-order valence-corrected chi connectivity index (χ3v) is 5.19. The second-order valence-electron chi connectivity index (χ2n) is 7.31. The number of carbonyl (C=O) groups is 1. The number of benzene rings is 2. The molecule has 0 saturated heterocycles. The lowest BCUT2D eigenvalue weighted by Gasteiger charge is -2.12. The molecule has 0 aliphatic rings. The Kier molecular flexibility index (Phi) is 5.48. The van der Waals surface area contributed by atoms with Gasteiger partial charge in [-0.1, -0.05) is 36.4 Å². The lowest BCUT2D eigenvalue weighted by atomic mass is 10.1. The standard InChI is InChI=1S/C24H24N4O2/c1-16-8-9-18(15-26-16)12-22-27-20-13-19(24(25)29)14-21(30-2)23(20)28(22)11-10-17-6-4-3-5-7-17/h3-9,13-15H,10-12H2,1-2H3,(H2,25,29). The number of hydrogen-bond acceptors (Lipinski definition) is 4. The van der Waals surface area contributed by atoms with Crippen molar-refractivity contribution in [3.63, 3.8) is 0 Å². The van der Waals surface area contributed by atoms with Gasteiger partial charge in [0.2, 0.25) is 5.91 Å². The molecule has 2 aromatic heterocycles. The summed E-state index contributed by atoms with van der Waals surface area (Å²) < 4.78 is 7.78. The van der Waals surface area contributed by atoms with E-state index in [1.54, 1.807) is 19.2 Å². The van der Waals surface area contributed by atoms with Gasteiger partial charge in [0.1, 0.15) is 17.1 Å². The van der Waals surface area contributed by atoms with Crippen molar-refractivity contribution in [1.82, 2.24) is 14.5 Å². The third-order valence-electron chi connectivity index (χ3n) is 5.19. The highest BCUT2D eigenvalue weighted by atomic mass is 16.5. The Bertz CT molecular complexity index is 1180. The first-order valence-electron chi connectivity index (χ1n) is 9.87.